The molecule has 0 fully saturated rings. The Balaban J connectivity index is 1.68. The molecule has 1 amide bonds. The normalized spacial score (nSPS) is 11.8. The van der Waals surface area contributed by atoms with Crippen LogP contribution in [0.4, 0.5) is 5.69 Å². The molecule has 32 heavy (non-hydrogen) atoms. The van der Waals surface area contributed by atoms with Crippen molar-refractivity contribution in [2.45, 2.75) is 24.8 Å². The van der Waals surface area contributed by atoms with Crippen LogP contribution in [-0.2, 0) is 27.8 Å². The molecule has 3 aromatic rings. The molecular formula is C24H29N3O3S2. The number of benzene rings is 2. The van der Waals surface area contributed by atoms with Crippen molar-refractivity contribution in [1.29, 1.82) is 0 Å². The predicted molar refractivity (Wildman–Crippen MR) is 130 cm³/mol. The molecule has 0 radical (unpaired) electrons. The van der Waals surface area contributed by atoms with Crippen LogP contribution >= 0.6 is 11.3 Å². The molecule has 0 bridgehead atoms. The minimum absolute atomic E-state index is 0.148. The van der Waals surface area contributed by atoms with Crippen LogP contribution in [-0.4, -0.2) is 50.7 Å². The number of sulfonamides is 1. The van der Waals surface area contributed by atoms with Gasteiger partial charge in [-0.15, -0.1) is 11.3 Å². The van der Waals surface area contributed by atoms with E-state index in [4.69, 9.17) is 0 Å². The molecule has 0 unspecified atom stereocenters. The molecule has 1 N–H and O–H groups in total. The van der Waals surface area contributed by atoms with Gasteiger partial charge in [-0.3, -0.25) is 9.69 Å². The van der Waals surface area contributed by atoms with Gasteiger partial charge in [0.15, 0.2) is 0 Å². The largest absolute Gasteiger partial charge is 0.325 e. The number of aryl methyl sites for hydroxylation is 1. The average Bonchev–Trinajstić information content (AvgIpc) is 3.17. The average molecular weight is 472 g/mol. The Hall–Kier alpha value is -2.52. The Morgan fingerprint density at radius 2 is 1.75 bits per heavy atom. The summed E-state index contributed by atoms with van der Waals surface area (Å²) in [6, 6.07) is 20.7. The lowest BCUT2D eigenvalue weighted by Crippen LogP contribution is -2.34. The third-order valence-electron chi connectivity index (χ3n) is 5.00. The van der Waals surface area contributed by atoms with Gasteiger partial charge in [-0.2, -0.15) is 0 Å². The molecule has 3 rings (SSSR count). The summed E-state index contributed by atoms with van der Waals surface area (Å²) in [7, 11) is -0.596. The summed E-state index contributed by atoms with van der Waals surface area (Å²) < 4.78 is 25.9. The van der Waals surface area contributed by atoms with Gasteiger partial charge in [0.05, 0.1) is 11.4 Å². The van der Waals surface area contributed by atoms with Gasteiger partial charge in [-0.25, -0.2) is 12.7 Å². The minimum atomic E-state index is -3.56. The molecule has 0 saturated heterocycles. The highest BCUT2D eigenvalue weighted by atomic mass is 32.2. The first-order valence-electron chi connectivity index (χ1n) is 10.4. The van der Waals surface area contributed by atoms with Crippen molar-refractivity contribution in [2.75, 3.05) is 32.5 Å². The summed E-state index contributed by atoms with van der Waals surface area (Å²) in [5.74, 6) is -0.175. The number of carbonyl (C=O) groups is 1. The number of nitrogens with zero attached hydrogens (tertiary/aromatic N) is 2. The van der Waals surface area contributed by atoms with Crippen molar-refractivity contribution in [1.82, 2.24) is 9.21 Å². The van der Waals surface area contributed by atoms with Gasteiger partial charge in [0, 0.05) is 42.6 Å². The Morgan fingerprint density at radius 1 is 1.00 bits per heavy atom. The lowest BCUT2D eigenvalue weighted by molar-refractivity contribution is -0.117. The van der Waals surface area contributed by atoms with E-state index in [1.54, 1.807) is 23.5 Å². The van der Waals surface area contributed by atoms with Gasteiger partial charge in [-0.05, 0) is 49.2 Å². The van der Waals surface area contributed by atoms with Crippen molar-refractivity contribution in [3.05, 3.63) is 82.0 Å². The highest BCUT2D eigenvalue weighted by molar-refractivity contribution is 7.89. The lowest BCUT2D eigenvalue weighted by Gasteiger charge is -2.21. The third-order valence-corrected chi connectivity index (χ3v) is 7.80. The standard InChI is InChI=1S/C24H29N3O3S2/c1-19-12-13-22(31-19)17-27(15-14-20-8-5-4-6-9-20)18-24(28)25-21-10-7-11-23(16-21)32(29,30)26(2)3/h4-13,16H,14-15,17-18H2,1-3H3,(H,25,28). The summed E-state index contributed by atoms with van der Waals surface area (Å²) in [6.07, 6.45) is 0.842. The van der Waals surface area contributed by atoms with Crippen LogP contribution in [0.3, 0.4) is 0 Å². The topological polar surface area (TPSA) is 69.7 Å². The number of hydrogen-bond acceptors (Lipinski definition) is 5. The first-order valence-corrected chi connectivity index (χ1v) is 12.6. The molecule has 0 aliphatic carbocycles. The molecule has 170 valence electrons. The van der Waals surface area contributed by atoms with Gasteiger partial charge in [0.2, 0.25) is 15.9 Å². The van der Waals surface area contributed by atoms with Crippen LogP contribution < -0.4 is 5.32 Å². The van der Waals surface area contributed by atoms with E-state index in [0.717, 1.165) is 17.3 Å². The summed E-state index contributed by atoms with van der Waals surface area (Å²) in [4.78, 5) is 17.5. The molecule has 0 aliphatic heterocycles. The Labute approximate surface area is 194 Å². The number of nitrogens with one attached hydrogen (secondary N) is 1. The highest BCUT2D eigenvalue weighted by Crippen LogP contribution is 2.19. The minimum Gasteiger partial charge on any atom is -0.325 e. The molecular weight excluding hydrogens is 442 g/mol. The predicted octanol–water partition coefficient (Wildman–Crippen LogP) is 3.99. The number of hydrogen-bond donors (Lipinski definition) is 1. The highest BCUT2D eigenvalue weighted by Gasteiger charge is 2.18. The summed E-state index contributed by atoms with van der Waals surface area (Å²) in [5.41, 5.74) is 1.69. The maximum atomic E-state index is 12.8. The van der Waals surface area contributed by atoms with E-state index in [-0.39, 0.29) is 17.3 Å². The second-order valence-electron chi connectivity index (χ2n) is 7.82. The van der Waals surface area contributed by atoms with E-state index in [9.17, 15) is 13.2 Å². The maximum Gasteiger partial charge on any atom is 0.242 e. The lowest BCUT2D eigenvalue weighted by atomic mass is 10.1. The number of thiophene rings is 1. The van der Waals surface area contributed by atoms with Gasteiger partial charge in [0.1, 0.15) is 0 Å². The van der Waals surface area contributed by atoms with Crippen LogP contribution in [0, 0.1) is 6.92 Å². The van der Waals surface area contributed by atoms with Gasteiger partial charge in [0.25, 0.3) is 0 Å². The molecule has 0 atom stereocenters. The fraction of sp³-hybridized carbons (Fsp3) is 0.292. The smallest absolute Gasteiger partial charge is 0.242 e. The number of amides is 1. The first kappa shape index (κ1) is 24.1. The first-order chi connectivity index (χ1) is 15.2. The van der Waals surface area contributed by atoms with Crippen molar-refractivity contribution < 1.29 is 13.2 Å². The molecule has 1 heterocycles. The second kappa shape index (κ2) is 10.9. The zero-order valence-corrected chi connectivity index (χ0v) is 20.2. The molecule has 2 aromatic carbocycles. The zero-order chi connectivity index (χ0) is 23.1. The van der Waals surface area contributed by atoms with E-state index < -0.39 is 10.0 Å². The summed E-state index contributed by atoms with van der Waals surface area (Å²) in [6.45, 7) is 3.72. The SMILES string of the molecule is Cc1ccc(CN(CCc2ccccc2)CC(=O)Nc2cccc(S(=O)(=O)N(C)C)c2)s1. The van der Waals surface area contributed by atoms with Crippen LogP contribution in [0.25, 0.3) is 0 Å². The number of rotatable bonds is 10. The van der Waals surface area contributed by atoms with Gasteiger partial charge >= 0.3 is 0 Å². The molecule has 0 saturated carbocycles. The Bertz CT molecular complexity index is 1140. The van der Waals surface area contributed by atoms with Crippen LogP contribution in [0.1, 0.15) is 15.3 Å². The fourth-order valence-electron chi connectivity index (χ4n) is 3.29. The van der Waals surface area contributed by atoms with E-state index in [2.05, 4.69) is 41.4 Å². The fourth-order valence-corrected chi connectivity index (χ4v) is 5.17. The van der Waals surface area contributed by atoms with Gasteiger partial charge in [-0.1, -0.05) is 36.4 Å². The Morgan fingerprint density at radius 3 is 2.41 bits per heavy atom. The summed E-state index contributed by atoms with van der Waals surface area (Å²) in [5, 5.41) is 2.85. The van der Waals surface area contributed by atoms with Crippen molar-refractivity contribution in [2.24, 2.45) is 0 Å². The van der Waals surface area contributed by atoms with Crippen molar-refractivity contribution in [3.8, 4) is 0 Å². The van der Waals surface area contributed by atoms with E-state index in [0.29, 0.717) is 12.2 Å². The van der Waals surface area contributed by atoms with Gasteiger partial charge < -0.3 is 5.32 Å². The number of carbonyl (C=O) groups excluding carboxylic acids is 1. The monoisotopic (exact) mass is 471 g/mol. The van der Waals surface area contributed by atoms with Crippen LogP contribution in [0.5, 0.6) is 0 Å². The van der Waals surface area contributed by atoms with Crippen molar-refractivity contribution >= 4 is 33.0 Å². The van der Waals surface area contributed by atoms with Crippen LogP contribution in [0.2, 0.25) is 0 Å². The van der Waals surface area contributed by atoms with E-state index in [1.165, 1.54) is 41.5 Å². The van der Waals surface area contributed by atoms with Crippen molar-refractivity contribution in [3.63, 3.8) is 0 Å². The quantitative estimate of drug-likeness (QED) is 0.485. The molecule has 1 aromatic heterocycles. The summed E-state index contributed by atoms with van der Waals surface area (Å²) >= 11 is 1.73. The van der Waals surface area contributed by atoms with E-state index in [1.807, 2.05) is 18.2 Å². The Kier molecular flexibility index (Phi) is 8.20. The zero-order valence-electron chi connectivity index (χ0n) is 18.6. The molecule has 6 nitrogen and oxygen atoms in total. The molecule has 8 heteroatoms. The van der Waals surface area contributed by atoms with E-state index >= 15 is 0 Å². The maximum absolute atomic E-state index is 12.8. The third kappa shape index (κ3) is 6.74. The number of anilines is 1. The molecule has 0 spiro atoms. The second-order valence-corrected chi connectivity index (χ2v) is 11.3. The van der Waals surface area contributed by atoms with Crippen LogP contribution in [0.15, 0.2) is 71.6 Å². The molecule has 0 aliphatic rings.